The van der Waals surface area contributed by atoms with Crippen molar-refractivity contribution >= 4 is 27.7 Å². The number of aliphatic carboxylic acids is 1. The first-order valence-corrected chi connectivity index (χ1v) is 5.61. The molecule has 0 aliphatic heterocycles. The fourth-order valence-electron chi connectivity index (χ4n) is 1.25. The first-order chi connectivity index (χ1) is 7.95. The molecule has 0 fully saturated rings. The second-order valence-electron chi connectivity index (χ2n) is 3.28. The number of ether oxygens (including phenoxy) is 1. The van der Waals surface area contributed by atoms with Crippen molar-refractivity contribution in [1.29, 1.82) is 0 Å². The van der Waals surface area contributed by atoms with Crippen molar-refractivity contribution in [3.63, 3.8) is 0 Å². The van der Waals surface area contributed by atoms with Crippen molar-refractivity contribution in [3.05, 3.63) is 29.6 Å². The number of hydrogen-bond donors (Lipinski definition) is 1. The SMILES string of the molecule is COc1ccc(C(=O)C(Br)CC(=O)O)cc1F. The highest BCUT2D eigenvalue weighted by Crippen LogP contribution is 2.20. The fraction of sp³-hybridized carbons (Fsp3) is 0.273. The van der Waals surface area contributed by atoms with E-state index in [9.17, 15) is 14.0 Å². The number of carboxylic acids is 1. The number of carbonyl (C=O) groups is 2. The predicted molar refractivity (Wildman–Crippen MR) is 62.3 cm³/mol. The van der Waals surface area contributed by atoms with Crippen molar-refractivity contribution in [1.82, 2.24) is 0 Å². The Labute approximate surface area is 106 Å². The van der Waals surface area contributed by atoms with Gasteiger partial charge in [-0.3, -0.25) is 9.59 Å². The summed E-state index contributed by atoms with van der Waals surface area (Å²) in [7, 11) is 1.32. The first kappa shape index (κ1) is 13.6. The lowest BCUT2D eigenvalue weighted by molar-refractivity contribution is -0.136. The van der Waals surface area contributed by atoms with Crippen molar-refractivity contribution in [2.45, 2.75) is 11.2 Å². The number of halogens is 2. The third-order valence-electron chi connectivity index (χ3n) is 2.07. The molecule has 0 spiro atoms. The Hall–Kier alpha value is -1.43. The quantitative estimate of drug-likeness (QED) is 0.669. The Morgan fingerprint density at radius 3 is 2.65 bits per heavy atom. The van der Waals surface area contributed by atoms with Crippen LogP contribution >= 0.6 is 15.9 Å². The summed E-state index contributed by atoms with van der Waals surface area (Å²) in [5.41, 5.74) is 0.103. The minimum Gasteiger partial charge on any atom is -0.494 e. The molecule has 17 heavy (non-hydrogen) atoms. The van der Waals surface area contributed by atoms with Gasteiger partial charge in [0.1, 0.15) is 0 Å². The van der Waals surface area contributed by atoms with Gasteiger partial charge >= 0.3 is 5.97 Å². The van der Waals surface area contributed by atoms with Gasteiger partial charge in [0.15, 0.2) is 17.3 Å². The van der Waals surface area contributed by atoms with E-state index in [0.717, 1.165) is 6.07 Å². The minimum atomic E-state index is -1.10. The molecule has 0 aliphatic rings. The number of ketones is 1. The smallest absolute Gasteiger partial charge is 0.304 e. The van der Waals surface area contributed by atoms with Crippen LogP contribution in [0.4, 0.5) is 4.39 Å². The molecule has 6 heteroatoms. The Morgan fingerprint density at radius 2 is 2.18 bits per heavy atom. The van der Waals surface area contributed by atoms with Crippen molar-refractivity contribution in [2.24, 2.45) is 0 Å². The van der Waals surface area contributed by atoms with Crippen LogP contribution in [0.1, 0.15) is 16.8 Å². The Kier molecular flexibility index (Phi) is 4.62. The summed E-state index contributed by atoms with van der Waals surface area (Å²) < 4.78 is 18.0. The number of hydrogen-bond acceptors (Lipinski definition) is 3. The molecule has 92 valence electrons. The van der Waals surface area contributed by atoms with Crippen molar-refractivity contribution < 1.29 is 23.8 Å². The maximum atomic E-state index is 13.3. The summed E-state index contributed by atoms with van der Waals surface area (Å²) in [6.45, 7) is 0. The zero-order chi connectivity index (χ0) is 13.0. The van der Waals surface area contributed by atoms with Gasteiger partial charge in [-0.25, -0.2) is 4.39 Å². The molecule has 0 heterocycles. The van der Waals surface area contributed by atoms with Crippen LogP contribution in [0.15, 0.2) is 18.2 Å². The Bertz CT molecular complexity index is 447. The lowest BCUT2D eigenvalue weighted by Gasteiger charge is -2.07. The Balaban J connectivity index is 2.89. The van der Waals surface area contributed by atoms with Gasteiger partial charge in [-0.05, 0) is 18.2 Å². The van der Waals surface area contributed by atoms with Crippen molar-refractivity contribution in [2.75, 3.05) is 7.11 Å². The van der Waals surface area contributed by atoms with Crippen LogP contribution in [0.25, 0.3) is 0 Å². The third kappa shape index (κ3) is 3.52. The molecule has 4 nitrogen and oxygen atoms in total. The van der Waals surface area contributed by atoms with Gasteiger partial charge in [-0.15, -0.1) is 0 Å². The molecular formula is C11H10BrFO4. The molecule has 1 aromatic rings. The number of alkyl halides is 1. The van der Waals surface area contributed by atoms with Crippen LogP contribution in [0.3, 0.4) is 0 Å². The van der Waals surface area contributed by atoms with E-state index in [-0.39, 0.29) is 17.7 Å². The highest BCUT2D eigenvalue weighted by Gasteiger charge is 2.21. The van der Waals surface area contributed by atoms with Gasteiger partial charge in [0, 0.05) is 5.56 Å². The third-order valence-corrected chi connectivity index (χ3v) is 2.81. The molecule has 0 saturated heterocycles. The van der Waals surface area contributed by atoms with Crippen LogP contribution in [-0.4, -0.2) is 28.8 Å². The molecular weight excluding hydrogens is 295 g/mol. The van der Waals surface area contributed by atoms with E-state index in [4.69, 9.17) is 9.84 Å². The number of carboxylic acid groups (broad SMARTS) is 1. The maximum Gasteiger partial charge on any atom is 0.304 e. The van der Waals surface area contributed by atoms with E-state index in [2.05, 4.69) is 15.9 Å². The van der Waals surface area contributed by atoms with Crippen LogP contribution in [0.5, 0.6) is 5.75 Å². The van der Waals surface area contributed by atoms with Crippen LogP contribution in [0.2, 0.25) is 0 Å². The highest BCUT2D eigenvalue weighted by molar-refractivity contribution is 9.10. The second kappa shape index (κ2) is 5.77. The van der Waals surface area contributed by atoms with Gasteiger partial charge < -0.3 is 9.84 Å². The fourth-order valence-corrected chi connectivity index (χ4v) is 1.79. The van der Waals surface area contributed by atoms with Gasteiger partial charge in [-0.2, -0.15) is 0 Å². The van der Waals surface area contributed by atoms with E-state index in [1.54, 1.807) is 0 Å². The summed E-state index contributed by atoms with van der Waals surface area (Å²) in [6, 6.07) is 3.74. The van der Waals surface area contributed by atoms with Gasteiger partial charge in [0.2, 0.25) is 0 Å². The van der Waals surface area contributed by atoms with Crippen LogP contribution < -0.4 is 4.74 Å². The molecule has 0 aliphatic carbocycles. The molecule has 0 bridgehead atoms. The Morgan fingerprint density at radius 1 is 1.53 bits per heavy atom. The topological polar surface area (TPSA) is 63.6 Å². The molecule has 1 N–H and O–H groups in total. The molecule has 1 aromatic carbocycles. The summed E-state index contributed by atoms with van der Waals surface area (Å²) in [5.74, 6) is -2.21. The summed E-state index contributed by atoms with van der Waals surface area (Å²) >= 11 is 2.96. The number of carbonyl (C=O) groups excluding carboxylic acids is 1. The van der Waals surface area contributed by atoms with Gasteiger partial charge in [-0.1, -0.05) is 15.9 Å². The average molecular weight is 305 g/mol. The second-order valence-corrected chi connectivity index (χ2v) is 4.38. The van der Waals surface area contributed by atoms with Gasteiger partial charge in [0.05, 0.1) is 18.4 Å². The molecule has 0 radical (unpaired) electrons. The van der Waals surface area contributed by atoms with E-state index in [1.807, 2.05) is 0 Å². The molecule has 1 rings (SSSR count). The van der Waals surface area contributed by atoms with E-state index in [0.29, 0.717) is 0 Å². The normalized spacial score (nSPS) is 11.9. The lowest BCUT2D eigenvalue weighted by Crippen LogP contribution is -2.18. The minimum absolute atomic E-state index is 0.0332. The van der Waals surface area contributed by atoms with E-state index < -0.39 is 22.4 Å². The first-order valence-electron chi connectivity index (χ1n) is 4.69. The molecule has 1 unspecified atom stereocenters. The molecule has 0 aromatic heterocycles. The summed E-state index contributed by atoms with van der Waals surface area (Å²) in [5, 5.41) is 8.54. The molecule has 0 saturated carbocycles. The predicted octanol–water partition coefficient (Wildman–Crippen LogP) is 2.26. The average Bonchev–Trinajstić information content (AvgIpc) is 2.27. The molecule has 0 amide bonds. The van der Waals surface area contributed by atoms with E-state index in [1.165, 1.54) is 19.2 Å². The lowest BCUT2D eigenvalue weighted by atomic mass is 10.1. The largest absolute Gasteiger partial charge is 0.494 e. The number of methoxy groups -OCH3 is 1. The summed E-state index contributed by atoms with van der Waals surface area (Å²) in [6.07, 6.45) is -0.355. The monoisotopic (exact) mass is 304 g/mol. The highest BCUT2D eigenvalue weighted by atomic mass is 79.9. The van der Waals surface area contributed by atoms with E-state index >= 15 is 0 Å². The molecule has 1 atom stereocenters. The number of Topliss-reactive ketones (excluding diaryl/α,β-unsaturated/α-hetero) is 1. The van der Waals surface area contributed by atoms with Crippen LogP contribution in [-0.2, 0) is 4.79 Å². The zero-order valence-electron chi connectivity index (χ0n) is 8.94. The number of rotatable bonds is 5. The zero-order valence-corrected chi connectivity index (χ0v) is 10.5. The van der Waals surface area contributed by atoms with Gasteiger partial charge in [0.25, 0.3) is 0 Å². The standard InChI is InChI=1S/C11H10BrFO4/c1-17-9-3-2-6(4-8(9)13)11(16)7(12)5-10(14)15/h2-4,7H,5H2,1H3,(H,14,15). The van der Waals surface area contributed by atoms with Crippen molar-refractivity contribution in [3.8, 4) is 5.75 Å². The van der Waals surface area contributed by atoms with Crippen LogP contribution in [0, 0.1) is 5.82 Å². The summed E-state index contributed by atoms with van der Waals surface area (Å²) in [4.78, 5) is 21.3. The maximum absolute atomic E-state index is 13.3. The number of benzene rings is 1.